The van der Waals surface area contributed by atoms with E-state index in [0.717, 1.165) is 13.0 Å². The van der Waals surface area contributed by atoms with Gasteiger partial charge in [0.15, 0.2) is 0 Å². The number of hydrogen-bond donors (Lipinski definition) is 1. The van der Waals surface area contributed by atoms with Crippen molar-refractivity contribution in [2.24, 2.45) is 10.8 Å². The SMILES string of the molecule is CC(C)(C)CCOCCOCCOC(=O)NCC(C)(C)C. The van der Waals surface area contributed by atoms with Gasteiger partial charge in [0, 0.05) is 13.2 Å². The molecule has 1 amide bonds. The van der Waals surface area contributed by atoms with Crippen LogP contribution in [0.3, 0.4) is 0 Å². The van der Waals surface area contributed by atoms with Crippen molar-refractivity contribution < 1.29 is 19.0 Å². The predicted molar refractivity (Wildman–Crippen MR) is 84.5 cm³/mol. The maximum atomic E-state index is 11.3. The summed E-state index contributed by atoms with van der Waals surface area (Å²) in [6.45, 7) is 15.8. The zero-order valence-electron chi connectivity index (χ0n) is 14.6. The van der Waals surface area contributed by atoms with Crippen molar-refractivity contribution in [2.75, 3.05) is 39.6 Å². The molecule has 1 N–H and O–H groups in total. The summed E-state index contributed by atoms with van der Waals surface area (Å²) in [6.07, 6.45) is 0.638. The van der Waals surface area contributed by atoms with Gasteiger partial charge in [-0.15, -0.1) is 0 Å². The van der Waals surface area contributed by atoms with Crippen LogP contribution in [0.1, 0.15) is 48.0 Å². The van der Waals surface area contributed by atoms with Crippen LogP contribution in [-0.2, 0) is 14.2 Å². The maximum Gasteiger partial charge on any atom is 0.407 e. The maximum absolute atomic E-state index is 11.3. The fourth-order valence-corrected chi connectivity index (χ4v) is 1.28. The molecular formula is C16H33NO4. The number of carbonyl (C=O) groups excluding carboxylic acids is 1. The van der Waals surface area contributed by atoms with E-state index in [1.165, 1.54) is 0 Å². The highest BCUT2D eigenvalue weighted by Crippen LogP contribution is 2.17. The van der Waals surface area contributed by atoms with Crippen molar-refractivity contribution in [3.8, 4) is 0 Å². The van der Waals surface area contributed by atoms with E-state index in [1.807, 2.05) is 0 Å². The van der Waals surface area contributed by atoms with E-state index in [9.17, 15) is 4.79 Å². The molecule has 0 aromatic carbocycles. The molecule has 0 aromatic heterocycles. The van der Waals surface area contributed by atoms with Gasteiger partial charge in [0.1, 0.15) is 6.61 Å². The van der Waals surface area contributed by atoms with E-state index < -0.39 is 6.09 Å². The summed E-state index contributed by atoms with van der Waals surface area (Å²) in [6, 6.07) is 0. The number of ether oxygens (including phenoxy) is 3. The van der Waals surface area contributed by atoms with E-state index in [2.05, 4.69) is 46.9 Å². The minimum absolute atomic E-state index is 0.0555. The molecule has 0 bridgehead atoms. The average molecular weight is 303 g/mol. The van der Waals surface area contributed by atoms with Crippen LogP contribution in [0.5, 0.6) is 0 Å². The van der Waals surface area contributed by atoms with Gasteiger partial charge in [-0.3, -0.25) is 0 Å². The Kier molecular flexibility index (Phi) is 9.62. The molecule has 126 valence electrons. The van der Waals surface area contributed by atoms with Crippen LogP contribution in [0, 0.1) is 10.8 Å². The van der Waals surface area contributed by atoms with Gasteiger partial charge < -0.3 is 19.5 Å². The summed E-state index contributed by atoms with van der Waals surface area (Å²) in [5.74, 6) is 0. The first-order chi connectivity index (χ1) is 9.60. The Morgan fingerprint density at radius 3 is 1.86 bits per heavy atom. The van der Waals surface area contributed by atoms with Crippen molar-refractivity contribution in [1.29, 1.82) is 0 Å². The molecule has 0 unspecified atom stereocenters. The van der Waals surface area contributed by atoms with Crippen molar-refractivity contribution in [2.45, 2.75) is 48.0 Å². The molecule has 0 radical (unpaired) electrons. The number of nitrogens with one attached hydrogen (secondary N) is 1. The minimum atomic E-state index is -0.394. The van der Waals surface area contributed by atoms with E-state index in [-0.39, 0.29) is 12.0 Å². The third kappa shape index (κ3) is 17.1. The summed E-state index contributed by atoms with van der Waals surface area (Å²) < 4.78 is 15.8. The second kappa shape index (κ2) is 10.0. The molecule has 0 aliphatic rings. The zero-order valence-corrected chi connectivity index (χ0v) is 14.6. The van der Waals surface area contributed by atoms with Crippen molar-refractivity contribution in [3.63, 3.8) is 0 Å². The molecule has 0 atom stereocenters. The molecule has 0 saturated carbocycles. The summed E-state index contributed by atoms with van der Waals surface area (Å²) in [5.41, 5.74) is 0.356. The van der Waals surface area contributed by atoms with E-state index in [1.54, 1.807) is 0 Å². The summed E-state index contributed by atoms with van der Waals surface area (Å²) in [7, 11) is 0. The Morgan fingerprint density at radius 2 is 1.33 bits per heavy atom. The van der Waals surface area contributed by atoms with Gasteiger partial charge in [-0.05, 0) is 17.3 Å². The molecule has 0 heterocycles. The molecule has 0 rings (SSSR count). The Balaban J connectivity index is 3.31. The number of amides is 1. The lowest BCUT2D eigenvalue weighted by molar-refractivity contribution is 0.0222. The van der Waals surface area contributed by atoms with Crippen molar-refractivity contribution in [1.82, 2.24) is 5.32 Å². The molecule has 0 aliphatic carbocycles. The first-order valence-corrected chi connectivity index (χ1v) is 7.66. The van der Waals surface area contributed by atoms with E-state index in [4.69, 9.17) is 14.2 Å². The van der Waals surface area contributed by atoms with Gasteiger partial charge in [0.05, 0.1) is 19.8 Å². The normalized spacial score (nSPS) is 12.3. The summed E-state index contributed by atoms with van der Waals surface area (Å²) in [5, 5.41) is 2.71. The Labute approximate surface area is 129 Å². The molecule has 5 heteroatoms. The number of hydrogen-bond acceptors (Lipinski definition) is 4. The van der Waals surface area contributed by atoms with E-state index >= 15 is 0 Å². The second-order valence-electron chi connectivity index (χ2n) is 7.59. The lowest BCUT2D eigenvalue weighted by atomic mass is 9.93. The minimum Gasteiger partial charge on any atom is -0.447 e. The Bertz CT molecular complexity index is 279. The predicted octanol–water partition coefficient (Wildman–Crippen LogP) is 3.23. The van der Waals surface area contributed by atoms with Crippen LogP contribution in [0.4, 0.5) is 4.79 Å². The summed E-state index contributed by atoms with van der Waals surface area (Å²) in [4.78, 5) is 11.3. The van der Waals surface area contributed by atoms with Crippen LogP contribution in [0.15, 0.2) is 0 Å². The Morgan fingerprint density at radius 1 is 0.810 bits per heavy atom. The fraction of sp³-hybridized carbons (Fsp3) is 0.938. The monoisotopic (exact) mass is 303 g/mol. The van der Waals surface area contributed by atoms with Crippen LogP contribution in [0.2, 0.25) is 0 Å². The highest BCUT2D eigenvalue weighted by molar-refractivity contribution is 5.67. The van der Waals surface area contributed by atoms with Crippen LogP contribution >= 0.6 is 0 Å². The van der Waals surface area contributed by atoms with Crippen molar-refractivity contribution in [3.05, 3.63) is 0 Å². The number of rotatable bonds is 9. The van der Waals surface area contributed by atoms with Gasteiger partial charge in [-0.1, -0.05) is 41.5 Å². The molecule has 5 nitrogen and oxygen atoms in total. The average Bonchev–Trinajstić information content (AvgIpc) is 2.32. The standard InChI is InChI=1S/C16H33NO4/c1-15(2,3)7-8-19-9-10-20-11-12-21-14(18)17-13-16(4,5)6/h7-13H2,1-6H3,(H,17,18). The zero-order chi connectivity index (χ0) is 16.4. The molecule has 21 heavy (non-hydrogen) atoms. The summed E-state index contributed by atoms with van der Waals surface area (Å²) >= 11 is 0. The first kappa shape index (κ1) is 20.2. The van der Waals surface area contributed by atoms with Crippen LogP contribution in [0.25, 0.3) is 0 Å². The smallest absolute Gasteiger partial charge is 0.407 e. The van der Waals surface area contributed by atoms with Gasteiger partial charge in [0.2, 0.25) is 0 Å². The third-order valence-corrected chi connectivity index (χ3v) is 2.59. The largest absolute Gasteiger partial charge is 0.447 e. The highest BCUT2D eigenvalue weighted by Gasteiger charge is 2.12. The fourth-order valence-electron chi connectivity index (χ4n) is 1.28. The van der Waals surface area contributed by atoms with Crippen molar-refractivity contribution >= 4 is 6.09 Å². The van der Waals surface area contributed by atoms with Gasteiger partial charge >= 0.3 is 6.09 Å². The molecule has 0 aliphatic heterocycles. The van der Waals surface area contributed by atoms with Gasteiger partial charge in [-0.2, -0.15) is 0 Å². The molecule has 0 aromatic rings. The van der Waals surface area contributed by atoms with E-state index in [0.29, 0.717) is 31.8 Å². The van der Waals surface area contributed by atoms with Gasteiger partial charge in [-0.25, -0.2) is 4.79 Å². The van der Waals surface area contributed by atoms with Crippen LogP contribution < -0.4 is 5.32 Å². The van der Waals surface area contributed by atoms with Gasteiger partial charge in [0.25, 0.3) is 0 Å². The van der Waals surface area contributed by atoms with Crippen LogP contribution in [-0.4, -0.2) is 45.7 Å². The first-order valence-electron chi connectivity index (χ1n) is 7.66. The quantitative estimate of drug-likeness (QED) is 0.664. The topological polar surface area (TPSA) is 56.8 Å². The lowest BCUT2D eigenvalue weighted by Crippen LogP contribution is -2.33. The molecule has 0 spiro atoms. The number of carbonyl (C=O) groups is 1. The molecule has 0 saturated heterocycles. The number of alkyl carbamates (subject to hydrolysis) is 1. The Hall–Kier alpha value is -0.810. The lowest BCUT2D eigenvalue weighted by Gasteiger charge is -2.18. The third-order valence-electron chi connectivity index (χ3n) is 2.59. The highest BCUT2D eigenvalue weighted by atomic mass is 16.6. The molecular weight excluding hydrogens is 270 g/mol. The second-order valence-corrected chi connectivity index (χ2v) is 7.59. The molecule has 0 fully saturated rings.